The van der Waals surface area contributed by atoms with Crippen molar-refractivity contribution in [3.05, 3.63) is 0 Å². The van der Waals surface area contributed by atoms with Gasteiger partial charge in [-0.2, -0.15) is 0 Å². The molecule has 3 rings (SSSR count). The number of fused-ring (bicyclic) bond motifs is 4. The lowest BCUT2D eigenvalue weighted by molar-refractivity contribution is -0.0506. The summed E-state index contributed by atoms with van der Waals surface area (Å²) < 4.78 is 0. The number of hydrogen-bond acceptors (Lipinski definition) is 0. The molecule has 0 heteroatoms. The largest absolute Gasteiger partial charge is 0.0596 e. The fourth-order valence-electron chi connectivity index (χ4n) is 5.14. The van der Waals surface area contributed by atoms with E-state index >= 15 is 0 Å². The zero-order valence-electron chi connectivity index (χ0n) is 10.7. The molecule has 3 aliphatic carbocycles. The van der Waals surface area contributed by atoms with Crippen LogP contribution in [-0.4, -0.2) is 0 Å². The van der Waals surface area contributed by atoms with Crippen LogP contribution in [0.25, 0.3) is 0 Å². The molecular formula is C15H26. The van der Waals surface area contributed by atoms with Gasteiger partial charge in [0.25, 0.3) is 0 Å². The zero-order valence-corrected chi connectivity index (χ0v) is 10.7. The lowest BCUT2D eigenvalue weighted by atomic mass is 9.51. The number of hydrogen-bond donors (Lipinski definition) is 0. The van der Waals surface area contributed by atoms with E-state index < -0.39 is 0 Å². The predicted molar refractivity (Wildman–Crippen MR) is 64.7 cm³/mol. The van der Waals surface area contributed by atoms with Crippen LogP contribution in [0.4, 0.5) is 0 Å². The Bertz CT molecular complexity index is 265. The van der Waals surface area contributed by atoms with Crippen LogP contribution in [0.15, 0.2) is 0 Å². The Morgan fingerprint density at radius 2 is 1.73 bits per heavy atom. The Hall–Kier alpha value is 0. The van der Waals surface area contributed by atoms with E-state index in [4.69, 9.17) is 0 Å². The van der Waals surface area contributed by atoms with Crippen molar-refractivity contribution < 1.29 is 0 Å². The van der Waals surface area contributed by atoms with Crippen molar-refractivity contribution in [3.63, 3.8) is 0 Å². The second-order valence-corrected chi connectivity index (χ2v) is 7.67. The molecule has 4 atom stereocenters. The van der Waals surface area contributed by atoms with Gasteiger partial charge in [0.1, 0.15) is 0 Å². The molecule has 0 amide bonds. The summed E-state index contributed by atoms with van der Waals surface area (Å²) in [4.78, 5) is 0. The molecule has 1 unspecified atom stereocenters. The minimum absolute atomic E-state index is 0.679. The van der Waals surface area contributed by atoms with E-state index in [1.807, 2.05) is 0 Å². The number of rotatable bonds is 0. The third-order valence-electron chi connectivity index (χ3n) is 6.06. The van der Waals surface area contributed by atoms with E-state index in [1.54, 1.807) is 12.8 Å². The molecule has 3 aliphatic rings. The van der Waals surface area contributed by atoms with Gasteiger partial charge in [-0.1, -0.05) is 33.6 Å². The Kier molecular flexibility index (Phi) is 2.05. The smallest absolute Gasteiger partial charge is 0.0320 e. The summed E-state index contributed by atoms with van der Waals surface area (Å²) in [7, 11) is 0. The van der Waals surface area contributed by atoms with Gasteiger partial charge in [-0.25, -0.2) is 0 Å². The lowest BCUT2D eigenvalue weighted by Gasteiger charge is -2.54. The molecule has 0 nitrogen and oxygen atoms in total. The fraction of sp³-hybridized carbons (Fsp3) is 1.00. The van der Waals surface area contributed by atoms with Crippen molar-refractivity contribution in [2.75, 3.05) is 0 Å². The van der Waals surface area contributed by atoms with Gasteiger partial charge in [-0.3, -0.25) is 0 Å². The minimum atomic E-state index is 0.679. The van der Waals surface area contributed by atoms with Crippen molar-refractivity contribution in [2.45, 2.75) is 65.7 Å². The first-order valence-electron chi connectivity index (χ1n) is 7.00. The van der Waals surface area contributed by atoms with Crippen LogP contribution in [0.2, 0.25) is 0 Å². The molecular weight excluding hydrogens is 180 g/mol. The van der Waals surface area contributed by atoms with Gasteiger partial charge in [0.2, 0.25) is 0 Å². The molecule has 0 radical (unpaired) electrons. The lowest BCUT2D eigenvalue weighted by Crippen LogP contribution is -2.46. The molecule has 0 N–H and O–H groups in total. The summed E-state index contributed by atoms with van der Waals surface area (Å²) in [6.07, 6.45) is 10.7. The van der Waals surface area contributed by atoms with E-state index in [1.165, 1.54) is 32.1 Å². The predicted octanol–water partition coefficient (Wildman–Crippen LogP) is 4.64. The molecule has 0 spiro atoms. The maximum atomic E-state index is 2.57. The van der Waals surface area contributed by atoms with Crippen molar-refractivity contribution >= 4 is 0 Å². The van der Waals surface area contributed by atoms with Crippen LogP contribution >= 0.6 is 0 Å². The molecule has 3 saturated carbocycles. The fourth-order valence-corrected chi connectivity index (χ4v) is 5.14. The summed E-state index contributed by atoms with van der Waals surface area (Å²) in [5, 5.41) is 0. The Morgan fingerprint density at radius 1 is 0.933 bits per heavy atom. The van der Waals surface area contributed by atoms with Gasteiger partial charge >= 0.3 is 0 Å². The maximum Gasteiger partial charge on any atom is -0.0320 e. The third-order valence-corrected chi connectivity index (χ3v) is 6.06. The summed E-state index contributed by atoms with van der Waals surface area (Å²) >= 11 is 0. The molecule has 86 valence electrons. The summed E-state index contributed by atoms with van der Waals surface area (Å²) in [5.74, 6) is 3.29. The highest BCUT2D eigenvalue weighted by Crippen LogP contribution is 2.63. The standard InChI is InChI=1S/C15H26/c1-14(2)10-12-11-5-4-7-15(3,9-11)8-6-13(12)14/h11-13H,4-10H2,1-3H3/t11?,12-,13-,15+/m1/s1. The highest BCUT2D eigenvalue weighted by atomic mass is 14.6. The van der Waals surface area contributed by atoms with E-state index in [2.05, 4.69) is 20.8 Å². The Morgan fingerprint density at radius 3 is 2.47 bits per heavy atom. The molecule has 0 aromatic carbocycles. The van der Waals surface area contributed by atoms with Gasteiger partial charge in [-0.15, -0.1) is 0 Å². The van der Waals surface area contributed by atoms with Crippen molar-refractivity contribution in [3.8, 4) is 0 Å². The van der Waals surface area contributed by atoms with Gasteiger partial charge in [0.15, 0.2) is 0 Å². The molecule has 3 fully saturated rings. The highest BCUT2D eigenvalue weighted by molar-refractivity contribution is 5.03. The van der Waals surface area contributed by atoms with Gasteiger partial charge in [0, 0.05) is 0 Å². The summed E-state index contributed by atoms with van der Waals surface area (Å²) in [6, 6.07) is 0. The zero-order chi connectivity index (χ0) is 10.7. The van der Waals surface area contributed by atoms with Crippen LogP contribution in [0.1, 0.15) is 65.7 Å². The van der Waals surface area contributed by atoms with Crippen LogP contribution in [-0.2, 0) is 0 Å². The topological polar surface area (TPSA) is 0 Å². The second kappa shape index (κ2) is 3.02. The SMILES string of the molecule is CC1(C)C[C@@H]2C3CCC[C@@](C)(CC[C@H]21)C3. The summed E-state index contributed by atoms with van der Waals surface area (Å²) in [6.45, 7) is 7.58. The molecule has 15 heavy (non-hydrogen) atoms. The van der Waals surface area contributed by atoms with Crippen LogP contribution in [0, 0.1) is 28.6 Å². The molecule has 0 aliphatic heterocycles. The van der Waals surface area contributed by atoms with Crippen molar-refractivity contribution in [1.82, 2.24) is 0 Å². The monoisotopic (exact) mass is 206 g/mol. The molecule has 0 heterocycles. The maximum absolute atomic E-state index is 2.57. The summed E-state index contributed by atoms with van der Waals surface area (Å²) in [5.41, 5.74) is 1.41. The van der Waals surface area contributed by atoms with E-state index in [9.17, 15) is 0 Å². The van der Waals surface area contributed by atoms with Crippen molar-refractivity contribution in [2.24, 2.45) is 28.6 Å². The molecule has 2 bridgehead atoms. The molecule has 0 aromatic rings. The first-order chi connectivity index (χ1) is 7.00. The first-order valence-corrected chi connectivity index (χ1v) is 7.00. The Labute approximate surface area is 94.8 Å². The van der Waals surface area contributed by atoms with Gasteiger partial charge in [0.05, 0.1) is 0 Å². The van der Waals surface area contributed by atoms with Crippen molar-refractivity contribution in [1.29, 1.82) is 0 Å². The van der Waals surface area contributed by atoms with E-state index in [0.717, 1.165) is 23.2 Å². The second-order valence-electron chi connectivity index (χ2n) is 7.67. The van der Waals surface area contributed by atoms with Gasteiger partial charge in [-0.05, 0) is 60.7 Å². The minimum Gasteiger partial charge on any atom is -0.0596 e. The quantitative estimate of drug-likeness (QED) is 0.541. The molecule has 0 aromatic heterocycles. The first kappa shape index (κ1) is 10.2. The van der Waals surface area contributed by atoms with Crippen LogP contribution in [0.5, 0.6) is 0 Å². The average molecular weight is 206 g/mol. The highest BCUT2D eigenvalue weighted by Gasteiger charge is 2.53. The van der Waals surface area contributed by atoms with Gasteiger partial charge < -0.3 is 0 Å². The normalized spacial score (nSPS) is 52.6. The Balaban J connectivity index is 1.84. The average Bonchev–Trinajstić information content (AvgIpc) is 2.21. The molecule has 0 saturated heterocycles. The third kappa shape index (κ3) is 1.47. The van der Waals surface area contributed by atoms with E-state index in [0.29, 0.717) is 5.41 Å². The van der Waals surface area contributed by atoms with Crippen LogP contribution in [0.3, 0.4) is 0 Å². The van der Waals surface area contributed by atoms with Crippen LogP contribution < -0.4 is 0 Å². The van der Waals surface area contributed by atoms with E-state index in [-0.39, 0.29) is 0 Å².